The summed E-state index contributed by atoms with van der Waals surface area (Å²) in [5.74, 6) is 0.248. The van der Waals surface area contributed by atoms with Crippen LogP contribution in [0.4, 0.5) is 5.69 Å². The van der Waals surface area contributed by atoms with Gasteiger partial charge in [-0.05, 0) is 23.4 Å². The van der Waals surface area contributed by atoms with Gasteiger partial charge in [0.05, 0.1) is 14.2 Å². The molecule has 0 fully saturated rings. The molecule has 0 saturated heterocycles. The fraction of sp³-hybridized carbons (Fsp3) is 0.273. The van der Waals surface area contributed by atoms with Gasteiger partial charge in [0.25, 0.3) is 0 Å². The van der Waals surface area contributed by atoms with E-state index in [0.717, 1.165) is 0 Å². The molecular formula is C11H13N5O3. The number of carbonyl (C=O) groups excluding carboxylic acids is 1. The van der Waals surface area contributed by atoms with E-state index in [1.807, 2.05) is 0 Å². The highest BCUT2D eigenvalue weighted by Crippen LogP contribution is 2.22. The second-order valence-electron chi connectivity index (χ2n) is 3.73. The van der Waals surface area contributed by atoms with Gasteiger partial charge in [-0.15, -0.1) is 10.2 Å². The molecule has 0 aliphatic carbocycles. The standard InChI is InChI=1S/C11H13N5O3/c1-16-14-10(13-15-16)6-19-9-4-3-7(12)5-8(9)11(17)18-2/h3-5H,6,12H2,1-2H3. The zero-order valence-corrected chi connectivity index (χ0v) is 10.5. The highest BCUT2D eigenvalue weighted by atomic mass is 16.5. The molecule has 2 aromatic rings. The van der Waals surface area contributed by atoms with Crippen molar-refractivity contribution in [2.75, 3.05) is 12.8 Å². The second kappa shape index (κ2) is 5.34. The molecule has 0 atom stereocenters. The molecular weight excluding hydrogens is 250 g/mol. The molecule has 0 aliphatic rings. The first-order valence-corrected chi connectivity index (χ1v) is 5.43. The molecule has 1 aromatic heterocycles. The maximum Gasteiger partial charge on any atom is 0.341 e. The van der Waals surface area contributed by atoms with E-state index >= 15 is 0 Å². The van der Waals surface area contributed by atoms with E-state index in [-0.39, 0.29) is 12.2 Å². The Morgan fingerprint density at radius 2 is 2.26 bits per heavy atom. The molecule has 8 nitrogen and oxygen atoms in total. The summed E-state index contributed by atoms with van der Waals surface area (Å²) in [7, 11) is 2.94. The second-order valence-corrected chi connectivity index (χ2v) is 3.73. The molecule has 1 heterocycles. The van der Waals surface area contributed by atoms with E-state index in [0.29, 0.717) is 17.3 Å². The van der Waals surface area contributed by atoms with Gasteiger partial charge >= 0.3 is 5.97 Å². The summed E-state index contributed by atoms with van der Waals surface area (Å²) in [4.78, 5) is 12.9. The van der Waals surface area contributed by atoms with Gasteiger partial charge in [-0.3, -0.25) is 0 Å². The van der Waals surface area contributed by atoms with Crippen LogP contribution in [0.1, 0.15) is 16.2 Å². The first kappa shape index (κ1) is 12.8. The van der Waals surface area contributed by atoms with Gasteiger partial charge in [0.15, 0.2) is 6.61 Å². The summed E-state index contributed by atoms with van der Waals surface area (Å²) in [6.07, 6.45) is 0. The maximum absolute atomic E-state index is 11.6. The van der Waals surface area contributed by atoms with Crippen molar-refractivity contribution in [2.45, 2.75) is 6.61 Å². The summed E-state index contributed by atoms with van der Waals surface area (Å²) in [6.45, 7) is 0.0990. The van der Waals surface area contributed by atoms with Crippen molar-refractivity contribution in [1.82, 2.24) is 20.2 Å². The van der Waals surface area contributed by atoms with Gasteiger partial charge in [-0.25, -0.2) is 4.79 Å². The molecule has 0 amide bonds. The molecule has 0 radical (unpaired) electrons. The van der Waals surface area contributed by atoms with Crippen LogP contribution in [0, 0.1) is 0 Å². The number of nitrogen functional groups attached to an aromatic ring is 1. The number of nitrogens with two attached hydrogens (primary N) is 1. The van der Waals surface area contributed by atoms with Crippen LogP contribution in [0.2, 0.25) is 0 Å². The van der Waals surface area contributed by atoms with E-state index in [1.54, 1.807) is 19.2 Å². The van der Waals surface area contributed by atoms with Crippen LogP contribution in [0.25, 0.3) is 0 Å². The van der Waals surface area contributed by atoms with Crippen molar-refractivity contribution >= 4 is 11.7 Å². The predicted octanol–water partition coefficient (Wildman–Crippen LogP) is 0.158. The molecule has 1 aromatic carbocycles. The number of aromatic nitrogens is 4. The number of hydrogen-bond donors (Lipinski definition) is 1. The van der Waals surface area contributed by atoms with Gasteiger partial charge in [0.2, 0.25) is 5.82 Å². The first-order chi connectivity index (χ1) is 9.10. The minimum Gasteiger partial charge on any atom is -0.485 e. The fourth-order valence-corrected chi connectivity index (χ4v) is 1.47. The van der Waals surface area contributed by atoms with Crippen molar-refractivity contribution in [1.29, 1.82) is 0 Å². The number of esters is 1. The monoisotopic (exact) mass is 263 g/mol. The minimum atomic E-state index is -0.519. The Labute approximate surface area is 109 Å². The van der Waals surface area contributed by atoms with E-state index in [1.165, 1.54) is 18.0 Å². The van der Waals surface area contributed by atoms with Crippen LogP contribution in [0.15, 0.2) is 18.2 Å². The fourth-order valence-electron chi connectivity index (χ4n) is 1.47. The molecule has 0 bridgehead atoms. The molecule has 2 rings (SSSR count). The zero-order chi connectivity index (χ0) is 13.8. The van der Waals surface area contributed by atoms with Gasteiger partial charge in [0.1, 0.15) is 11.3 Å². The number of rotatable bonds is 4. The maximum atomic E-state index is 11.6. The summed E-state index contributed by atoms with van der Waals surface area (Å²) in [6, 6.07) is 4.72. The largest absolute Gasteiger partial charge is 0.485 e. The van der Waals surface area contributed by atoms with Crippen LogP contribution >= 0.6 is 0 Å². The number of benzene rings is 1. The van der Waals surface area contributed by atoms with Crippen LogP contribution in [0.3, 0.4) is 0 Å². The average molecular weight is 263 g/mol. The third-order valence-electron chi connectivity index (χ3n) is 2.32. The van der Waals surface area contributed by atoms with Crippen LogP contribution in [-0.4, -0.2) is 33.3 Å². The quantitative estimate of drug-likeness (QED) is 0.618. The Hall–Kier alpha value is -2.64. The molecule has 19 heavy (non-hydrogen) atoms. The van der Waals surface area contributed by atoms with E-state index in [9.17, 15) is 4.79 Å². The average Bonchev–Trinajstić information content (AvgIpc) is 2.82. The lowest BCUT2D eigenvalue weighted by Gasteiger charge is -2.09. The van der Waals surface area contributed by atoms with Gasteiger partial charge in [-0.2, -0.15) is 4.80 Å². The van der Waals surface area contributed by atoms with Gasteiger partial charge in [-0.1, -0.05) is 0 Å². The molecule has 0 saturated carbocycles. The topological polar surface area (TPSA) is 105 Å². The molecule has 8 heteroatoms. The highest BCUT2D eigenvalue weighted by molar-refractivity contribution is 5.93. The van der Waals surface area contributed by atoms with Crippen molar-refractivity contribution in [3.05, 3.63) is 29.6 Å². The van der Waals surface area contributed by atoms with Crippen LogP contribution < -0.4 is 10.5 Å². The third kappa shape index (κ3) is 2.97. The van der Waals surface area contributed by atoms with Crippen molar-refractivity contribution in [3.8, 4) is 5.75 Å². The Balaban J connectivity index is 2.17. The summed E-state index contributed by atoms with van der Waals surface area (Å²) in [5, 5.41) is 11.4. The number of aryl methyl sites for hydroxylation is 1. The smallest absolute Gasteiger partial charge is 0.341 e. The van der Waals surface area contributed by atoms with Crippen LogP contribution in [0.5, 0.6) is 5.75 Å². The SMILES string of the molecule is COC(=O)c1cc(N)ccc1OCc1nnn(C)n1. The Bertz CT molecular complexity index is 596. The Kier molecular flexibility index (Phi) is 3.60. The summed E-state index contributed by atoms with van der Waals surface area (Å²) < 4.78 is 10.1. The van der Waals surface area contributed by atoms with Crippen molar-refractivity contribution < 1.29 is 14.3 Å². The third-order valence-corrected chi connectivity index (χ3v) is 2.32. The molecule has 2 N–H and O–H groups in total. The Morgan fingerprint density at radius 3 is 2.89 bits per heavy atom. The van der Waals surface area contributed by atoms with E-state index in [4.69, 9.17) is 10.5 Å². The number of methoxy groups -OCH3 is 1. The minimum absolute atomic E-state index is 0.0990. The number of nitrogens with zero attached hydrogens (tertiary/aromatic N) is 4. The summed E-state index contributed by atoms with van der Waals surface area (Å²) in [5.41, 5.74) is 6.33. The lowest BCUT2D eigenvalue weighted by molar-refractivity contribution is 0.0595. The Morgan fingerprint density at radius 1 is 1.47 bits per heavy atom. The number of carbonyl (C=O) groups is 1. The number of ether oxygens (including phenoxy) is 2. The highest BCUT2D eigenvalue weighted by Gasteiger charge is 2.14. The lowest BCUT2D eigenvalue weighted by atomic mass is 10.2. The van der Waals surface area contributed by atoms with E-state index in [2.05, 4.69) is 20.1 Å². The van der Waals surface area contributed by atoms with Crippen molar-refractivity contribution in [3.63, 3.8) is 0 Å². The van der Waals surface area contributed by atoms with Gasteiger partial charge in [0, 0.05) is 5.69 Å². The number of anilines is 1. The first-order valence-electron chi connectivity index (χ1n) is 5.43. The predicted molar refractivity (Wildman–Crippen MR) is 65.3 cm³/mol. The molecule has 0 aliphatic heterocycles. The van der Waals surface area contributed by atoms with Crippen LogP contribution in [-0.2, 0) is 18.4 Å². The summed E-state index contributed by atoms with van der Waals surface area (Å²) >= 11 is 0. The normalized spacial score (nSPS) is 10.2. The zero-order valence-electron chi connectivity index (χ0n) is 10.5. The molecule has 0 unspecified atom stereocenters. The van der Waals surface area contributed by atoms with Crippen molar-refractivity contribution in [2.24, 2.45) is 7.05 Å². The lowest BCUT2D eigenvalue weighted by Crippen LogP contribution is -2.07. The number of tetrazole rings is 1. The molecule has 0 spiro atoms. The molecule has 100 valence electrons. The van der Waals surface area contributed by atoms with Gasteiger partial charge < -0.3 is 15.2 Å². The van der Waals surface area contributed by atoms with E-state index < -0.39 is 5.97 Å². The number of hydrogen-bond acceptors (Lipinski definition) is 7.